The number of halogens is 1. The molecule has 0 heterocycles. The minimum Gasteiger partial charge on any atom is -0.312 e. The molecule has 0 amide bonds. The van der Waals surface area contributed by atoms with Crippen molar-refractivity contribution in [1.82, 2.24) is 10.2 Å². The zero-order chi connectivity index (χ0) is 16.3. The van der Waals surface area contributed by atoms with Gasteiger partial charge in [0.2, 0.25) is 0 Å². The molecule has 0 aromatic heterocycles. The molecular formula is C20H25BrN2. The fourth-order valence-corrected chi connectivity index (χ4v) is 2.75. The van der Waals surface area contributed by atoms with Crippen molar-refractivity contribution in [2.45, 2.75) is 19.5 Å². The molecule has 2 aromatic carbocycles. The number of rotatable bonds is 10. The molecule has 0 aliphatic carbocycles. The van der Waals surface area contributed by atoms with E-state index in [1.165, 1.54) is 11.1 Å². The van der Waals surface area contributed by atoms with E-state index in [9.17, 15) is 0 Å². The van der Waals surface area contributed by atoms with Crippen molar-refractivity contribution >= 4 is 15.9 Å². The highest BCUT2D eigenvalue weighted by Crippen LogP contribution is 2.10. The normalized spacial score (nSPS) is 10.9. The summed E-state index contributed by atoms with van der Waals surface area (Å²) in [7, 11) is 0. The van der Waals surface area contributed by atoms with Crippen LogP contribution in [-0.2, 0) is 13.1 Å². The standard InChI is InChI=1S/C20H25BrN2/c1-18(21)15-22-13-8-14-23(16-19-9-4-2-5-10-19)17-20-11-6-3-7-12-20/h2-7,9-12,22H,1,8,13-17H2. The first-order valence-corrected chi connectivity index (χ1v) is 8.87. The number of hydrogen-bond acceptors (Lipinski definition) is 2. The lowest BCUT2D eigenvalue weighted by molar-refractivity contribution is 0.253. The van der Waals surface area contributed by atoms with Crippen molar-refractivity contribution in [1.29, 1.82) is 0 Å². The minimum atomic E-state index is 0.831. The van der Waals surface area contributed by atoms with Gasteiger partial charge in [0, 0.05) is 30.7 Å². The molecule has 0 aliphatic heterocycles. The Morgan fingerprint density at radius 2 is 1.43 bits per heavy atom. The molecule has 0 unspecified atom stereocenters. The quantitative estimate of drug-likeness (QED) is 0.614. The van der Waals surface area contributed by atoms with E-state index < -0.39 is 0 Å². The summed E-state index contributed by atoms with van der Waals surface area (Å²) in [5.74, 6) is 0. The smallest absolute Gasteiger partial charge is 0.0265 e. The van der Waals surface area contributed by atoms with Crippen LogP contribution >= 0.6 is 15.9 Å². The second-order valence-corrected chi connectivity index (χ2v) is 6.85. The Balaban J connectivity index is 1.87. The Morgan fingerprint density at radius 3 is 1.91 bits per heavy atom. The van der Waals surface area contributed by atoms with Crippen LogP contribution in [-0.4, -0.2) is 24.5 Å². The van der Waals surface area contributed by atoms with Crippen LogP contribution < -0.4 is 5.32 Å². The minimum absolute atomic E-state index is 0.831. The number of nitrogens with one attached hydrogen (secondary N) is 1. The van der Waals surface area contributed by atoms with Crippen LogP contribution in [0.5, 0.6) is 0 Å². The molecule has 0 fully saturated rings. The van der Waals surface area contributed by atoms with Gasteiger partial charge in [0.15, 0.2) is 0 Å². The van der Waals surface area contributed by atoms with Crippen LogP contribution in [0.2, 0.25) is 0 Å². The Morgan fingerprint density at radius 1 is 0.913 bits per heavy atom. The van der Waals surface area contributed by atoms with Gasteiger partial charge in [0.05, 0.1) is 0 Å². The number of nitrogens with zero attached hydrogens (tertiary/aromatic N) is 1. The molecular weight excluding hydrogens is 348 g/mol. The SMILES string of the molecule is C=C(Br)CNCCCN(Cc1ccccc1)Cc1ccccc1. The van der Waals surface area contributed by atoms with Gasteiger partial charge >= 0.3 is 0 Å². The summed E-state index contributed by atoms with van der Waals surface area (Å²) in [6.07, 6.45) is 1.12. The maximum absolute atomic E-state index is 3.84. The summed E-state index contributed by atoms with van der Waals surface area (Å²) in [4.78, 5) is 2.51. The summed E-state index contributed by atoms with van der Waals surface area (Å²) < 4.78 is 1.00. The lowest BCUT2D eigenvalue weighted by Gasteiger charge is -2.23. The van der Waals surface area contributed by atoms with Gasteiger partial charge in [-0.2, -0.15) is 0 Å². The molecule has 1 N–H and O–H groups in total. The average Bonchev–Trinajstić information content (AvgIpc) is 2.56. The molecule has 23 heavy (non-hydrogen) atoms. The van der Waals surface area contributed by atoms with Gasteiger partial charge in [-0.05, 0) is 24.1 Å². The van der Waals surface area contributed by atoms with E-state index in [1.54, 1.807) is 0 Å². The average molecular weight is 373 g/mol. The van der Waals surface area contributed by atoms with Crippen molar-refractivity contribution in [3.63, 3.8) is 0 Å². The van der Waals surface area contributed by atoms with Gasteiger partial charge in [-0.25, -0.2) is 0 Å². The Hall–Kier alpha value is -1.42. The first-order valence-electron chi connectivity index (χ1n) is 8.08. The Kier molecular flexibility index (Phi) is 8.08. The summed E-state index contributed by atoms with van der Waals surface area (Å²) in [5, 5.41) is 3.39. The molecule has 0 radical (unpaired) electrons. The molecule has 0 bridgehead atoms. The first-order chi connectivity index (χ1) is 11.2. The summed E-state index contributed by atoms with van der Waals surface area (Å²) in [6.45, 7) is 8.73. The molecule has 0 aliphatic rings. The first kappa shape index (κ1) is 17.9. The Bertz CT molecular complexity index is 527. The summed E-state index contributed by atoms with van der Waals surface area (Å²) in [6, 6.07) is 21.4. The molecule has 0 saturated heterocycles. The fourth-order valence-electron chi connectivity index (χ4n) is 2.55. The topological polar surface area (TPSA) is 15.3 Å². The van der Waals surface area contributed by atoms with Crippen LogP contribution in [0.15, 0.2) is 71.7 Å². The van der Waals surface area contributed by atoms with E-state index >= 15 is 0 Å². The maximum atomic E-state index is 3.84. The highest BCUT2D eigenvalue weighted by molar-refractivity contribution is 9.11. The molecule has 2 nitrogen and oxygen atoms in total. The molecule has 3 heteroatoms. The number of hydrogen-bond donors (Lipinski definition) is 1. The van der Waals surface area contributed by atoms with Crippen LogP contribution in [0.4, 0.5) is 0 Å². The predicted octanol–water partition coefficient (Wildman–Crippen LogP) is 4.58. The maximum Gasteiger partial charge on any atom is 0.0265 e. The van der Waals surface area contributed by atoms with E-state index in [1.807, 2.05) is 0 Å². The van der Waals surface area contributed by atoms with Crippen LogP contribution in [0.1, 0.15) is 17.5 Å². The molecule has 2 rings (SSSR count). The largest absolute Gasteiger partial charge is 0.312 e. The highest BCUT2D eigenvalue weighted by Gasteiger charge is 2.07. The van der Waals surface area contributed by atoms with Crippen LogP contribution in [0.3, 0.4) is 0 Å². The highest BCUT2D eigenvalue weighted by atomic mass is 79.9. The Labute approximate surface area is 148 Å². The third-order valence-corrected chi connectivity index (χ3v) is 3.92. The van der Waals surface area contributed by atoms with Gasteiger partial charge in [0.1, 0.15) is 0 Å². The van der Waals surface area contributed by atoms with Gasteiger partial charge in [-0.15, -0.1) is 0 Å². The van der Waals surface area contributed by atoms with Crippen molar-refractivity contribution in [3.05, 3.63) is 82.9 Å². The van der Waals surface area contributed by atoms with E-state index in [-0.39, 0.29) is 0 Å². The van der Waals surface area contributed by atoms with Crippen molar-refractivity contribution in [2.75, 3.05) is 19.6 Å². The second kappa shape index (κ2) is 10.4. The lowest BCUT2D eigenvalue weighted by atomic mass is 10.1. The molecule has 122 valence electrons. The summed E-state index contributed by atoms with van der Waals surface area (Å²) >= 11 is 3.38. The van der Waals surface area contributed by atoms with Gasteiger partial charge in [0.25, 0.3) is 0 Å². The van der Waals surface area contributed by atoms with E-state index in [4.69, 9.17) is 0 Å². The third kappa shape index (κ3) is 7.60. The van der Waals surface area contributed by atoms with Crippen molar-refractivity contribution in [3.8, 4) is 0 Å². The van der Waals surface area contributed by atoms with Crippen LogP contribution in [0.25, 0.3) is 0 Å². The third-order valence-electron chi connectivity index (χ3n) is 3.64. The molecule has 2 aromatic rings. The van der Waals surface area contributed by atoms with E-state index in [2.05, 4.69) is 93.4 Å². The number of benzene rings is 2. The van der Waals surface area contributed by atoms with Gasteiger partial charge in [-0.1, -0.05) is 83.2 Å². The lowest BCUT2D eigenvalue weighted by Crippen LogP contribution is -2.27. The van der Waals surface area contributed by atoms with Gasteiger partial charge < -0.3 is 5.32 Å². The molecule has 0 atom stereocenters. The monoisotopic (exact) mass is 372 g/mol. The fraction of sp³-hybridized carbons (Fsp3) is 0.300. The molecule has 0 spiro atoms. The summed E-state index contributed by atoms with van der Waals surface area (Å²) in [5.41, 5.74) is 2.73. The van der Waals surface area contributed by atoms with E-state index in [0.717, 1.165) is 43.6 Å². The van der Waals surface area contributed by atoms with Crippen molar-refractivity contribution < 1.29 is 0 Å². The predicted molar refractivity (Wildman–Crippen MR) is 103 cm³/mol. The van der Waals surface area contributed by atoms with Crippen molar-refractivity contribution in [2.24, 2.45) is 0 Å². The zero-order valence-electron chi connectivity index (χ0n) is 13.5. The van der Waals surface area contributed by atoms with E-state index in [0.29, 0.717) is 0 Å². The second-order valence-electron chi connectivity index (χ2n) is 5.73. The zero-order valence-corrected chi connectivity index (χ0v) is 15.1. The molecule has 0 saturated carbocycles. The van der Waals surface area contributed by atoms with Crippen LogP contribution in [0, 0.1) is 0 Å². The van der Waals surface area contributed by atoms with Gasteiger partial charge in [-0.3, -0.25) is 4.90 Å².